The van der Waals surface area contributed by atoms with Gasteiger partial charge in [0.15, 0.2) is 6.29 Å². The number of esters is 1. The Morgan fingerprint density at radius 3 is 2.84 bits per heavy atom. The van der Waals surface area contributed by atoms with Crippen LogP contribution < -0.4 is 4.74 Å². The molecule has 1 heterocycles. The van der Waals surface area contributed by atoms with Gasteiger partial charge in [-0.25, -0.2) is 9.78 Å². The molecule has 19 heavy (non-hydrogen) atoms. The van der Waals surface area contributed by atoms with E-state index in [0.717, 1.165) is 12.8 Å². The van der Waals surface area contributed by atoms with Gasteiger partial charge >= 0.3 is 5.97 Å². The topological polar surface area (TPSA) is 65.5 Å². The molecule has 1 aromatic heterocycles. The summed E-state index contributed by atoms with van der Waals surface area (Å²) in [5.74, 6) is -0.398. The van der Waals surface area contributed by atoms with Crippen molar-refractivity contribution in [2.24, 2.45) is 5.41 Å². The number of hydrogen-bond donors (Lipinski definition) is 0. The molecule has 0 radical (unpaired) electrons. The Hall–Kier alpha value is -1.91. The Morgan fingerprint density at radius 1 is 1.53 bits per heavy atom. The minimum atomic E-state index is -0.575. The van der Waals surface area contributed by atoms with Crippen LogP contribution in [0.4, 0.5) is 0 Å². The van der Waals surface area contributed by atoms with Crippen LogP contribution in [0.15, 0.2) is 12.3 Å². The summed E-state index contributed by atoms with van der Waals surface area (Å²) in [5, 5.41) is 0. The van der Waals surface area contributed by atoms with Gasteiger partial charge in [0.25, 0.3) is 0 Å². The summed E-state index contributed by atoms with van der Waals surface area (Å²) >= 11 is 0. The predicted octanol–water partition coefficient (Wildman–Crippen LogP) is 2.25. The Morgan fingerprint density at radius 2 is 2.26 bits per heavy atom. The van der Waals surface area contributed by atoms with E-state index in [9.17, 15) is 9.59 Å². The normalized spacial score (nSPS) is 15.7. The zero-order valence-corrected chi connectivity index (χ0v) is 11.1. The van der Waals surface area contributed by atoms with Crippen LogP contribution in [-0.2, 0) is 4.74 Å². The lowest BCUT2D eigenvalue weighted by atomic mass is 10.1. The van der Waals surface area contributed by atoms with Crippen LogP contribution in [0.25, 0.3) is 0 Å². The molecule has 5 nitrogen and oxygen atoms in total. The molecule has 5 heteroatoms. The number of aromatic nitrogens is 1. The minimum absolute atomic E-state index is 0.114. The molecule has 0 atom stereocenters. The summed E-state index contributed by atoms with van der Waals surface area (Å²) in [6, 6.07) is 1.48. The monoisotopic (exact) mass is 263 g/mol. The summed E-state index contributed by atoms with van der Waals surface area (Å²) < 4.78 is 10.5. The molecule has 0 aromatic carbocycles. The highest BCUT2D eigenvalue weighted by atomic mass is 16.5. The predicted molar refractivity (Wildman–Crippen MR) is 68.4 cm³/mol. The molecular formula is C14H17NO4. The molecule has 1 aliphatic rings. The van der Waals surface area contributed by atoms with E-state index >= 15 is 0 Å². The highest BCUT2D eigenvalue weighted by Crippen LogP contribution is 2.45. The van der Waals surface area contributed by atoms with Crippen molar-refractivity contribution in [3.05, 3.63) is 23.4 Å². The first kappa shape index (κ1) is 13.5. The fourth-order valence-corrected chi connectivity index (χ4v) is 1.67. The second kappa shape index (κ2) is 5.38. The smallest absolute Gasteiger partial charge is 0.344 e. The number of ether oxygens (including phenoxy) is 2. The lowest BCUT2D eigenvalue weighted by Gasteiger charge is -2.13. The van der Waals surface area contributed by atoms with Gasteiger partial charge in [-0.2, -0.15) is 0 Å². The van der Waals surface area contributed by atoms with E-state index in [2.05, 4.69) is 11.9 Å². The molecule has 0 bridgehead atoms. The average molecular weight is 263 g/mol. The molecule has 1 fully saturated rings. The van der Waals surface area contributed by atoms with Gasteiger partial charge in [0, 0.05) is 17.2 Å². The maximum absolute atomic E-state index is 11.9. The van der Waals surface area contributed by atoms with Crippen molar-refractivity contribution < 1.29 is 19.1 Å². The van der Waals surface area contributed by atoms with Crippen LogP contribution in [-0.4, -0.2) is 30.5 Å². The highest BCUT2D eigenvalue weighted by molar-refractivity contribution is 6.00. The molecule has 0 saturated heterocycles. The third kappa shape index (κ3) is 3.10. The average Bonchev–Trinajstić information content (AvgIpc) is 3.14. The minimum Gasteiger partial charge on any atom is -0.476 e. The number of rotatable bonds is 6. The number of carbonyl (C=O) groups excluding carboxylic acids is 2. The molecule has 1 aromatic rings. The van der Waals surface area contributed by atoms with Gasteiger partial charge in [-0.05, 0) is 25.8 Å². The Bertz CT molecular complexity index is 494. The van der Waals surface area contributed by atoms with E-state index in [0.29, 0.717) is 12.9 Å². The molecule has 2 rings (SSSR count). The molecule has 0 aliphatic heterocycles. The Labute approximate surface area is 111 Å². The fraction of sp³-hybridized carbons (Fsp3) is 0.500. The third-order valence-electron chi connectivity index (χ3n) is 3.22. The summed E-state index contributed by atoms with van der Waals surface area (Å²) in [4.78, 5) is 26.9. The van der Waals surface area contributed by atoms with E-state index in [1.807, 2.05) is 0 Å². The summed E-state index contributed by atoms with van der Waals surface area (Å²) in [6.07, 6.45) is 4.28. The van der Waals surface area contributed by atoms with Crippen LogP contribution in [0.1, 0.15) is 47.4 Å². The van der Waals surface area contributed by atoms with Crippen molar-refractivity contribution in [2.45, 2.75) is 26.7 Å². The number of nitrogens with zero attached hydrogens (tertiary/aromatic N) is 1. The van der Waals surface area contributed by atoms with Crippen molar-refractivity contribution in [1.29, 1.82) is 0 Å². The first-order valence-electron chi connectivity index (χ1n) is 6.34. The molecule has 1 aliphatic carbocycles. The molecule has 1 saturated carbocycles. The standard InChI is InChI=1S/C14H17NO4/c1-3-18-13(17)11-10(8-16)4-7-15-12(11)19-9-14(2)5-6-14/h4,7-8H,3,5-6,9H2,1-2H3. The SMILES string of the molecule is CCOC(=O)c1c(C=O)ccnc1OCC1(C)CC1. The number of carbonyl (C=O) groups is 2. The van der Waals surface area contributed by atoms with Gasteiger partial charge in [-0.3, -0.25) is 4.79 Å². The fourth-order valence-electron chi connectivity index (χ4n) is 1.67. The van der Waals surface area contributed by atoms with Gasteiger partial charge in [0.1, 0.15) is 5.56 Å². The zero-order chi connectivity index (χ0) is 13.9. The van der Waals surface area contributed by atoms with Crippen molar-refractivity contribution in [3.8, 4) is 5.88 Å². The first-order valence-corrected chi connectivity index (χ1v) is 6.34. The largest absolute Gasteiger partial charge is 0.476 e. The molecular weight excluding hydrogens is 246 g/mol. The maximum atomic E-state index is 11.9. The molecule has 0 amide bonds. The Kier molecular flexibility index (Phi) is 3.83. The highest BCUT2D eigenvalue weighted by Gasteiger charge is 2.38. The lowest BCUT2D eigenvalue weighted by Crippen LogP contribution is -2.15. The summed E-state index contributed by atoms with van der Waals surface area (Å²) in [6.45, 7) is 4.55. The second-order valence-corrected chi connectivity index (χ2v) is 5.02. The van der Waals surface area contributed by atoms with E-state index in [-0.39, 0.29) is 29.0 Å². The van der Waals surface area contributed by atoms with Crippen molar-refractivity contribution in [1.82, 2.24) is 4.98 Å². The zero-order valence-electron chi connectivity index (χ0n) is 11.1. The van der Waals surface area contributed by atoms with E-state index < -0.39 is 5.97 Å². The van der Waals surface area contributed by atoms with Crippen molar-refractivity contribution >= 4 is 12.3 Å². The Balaban J connectivity index is 2.24. The van der Waals surface area contributed by atoms with Crippen LogP contribution in [0.5, 0.6) is 5.88 Å². The first-order chi connectivity index (χ1) is 9.09. The van der Waals surface area contributed by atoms with Gasteiger partial charge in [0.2, 0.25) is 5.88 Å². The van der Waals surface area contributed by atoms with Crippen LogP contribution in [0, 0.1) is 5.41 Å². The van der Waals surface area contributed by atoms with Crippen LogP contribution in [0.2, 0.25) is 0 Å². The van der Waals surface area contributed by atoms with Crippen LogP contribution >= 0.6 is 0 Å². The summed E-state index contributed by atoms with van der Waals surface area (Å²) in [7, 11) is 0. The second-order valence-electron chi connectivity index (χ2n) is 5.02. The quantitative estimate of drug-likeness (QED) is 0.581. The van der Waals surface area contributed by atoms with E-state index in [4.69, 9.17) is 9.47 Å². The summed E-state index contributed by atoms with van der Waals surface area (Å²) in [5.41, 5.74) is 0.526. The molecule has 0 unspecified atom stereocenters. The number of aldehydes is 1. The van der Waals surface area contributed by atoms with Gasteiger partial charge in [-0.15, -0.1) is 0 Å². The van der Waals surface area contributed by atoms with Gasteiger partial charge < -0.3 is 9.47 Å². The van der Waals surface area contributed by atoms with Gasteiger partial charge in [-0.1, -0.05) is 6.92 Å². The molecule has 0 N–H and O–H groups in total. The number of hydrogen-bond acceptors (Lipinski definition) is 5. The van der Waals surface area contributed by atoms with Crippen molar-refractivity contribution in [3.63, 3.8) is 0 Å². The van der Waals surface area contributed by atoms with E-state index in [1.165, 1.54) is 12.3 Å². The molecule has 0 spiro atoms. The van der Waals surface area contributed by atoms with Gasteiger partial charge in [0.05, 0.1) is 13.2 Å². The van der Waals surface area contributed by atoms with E-state index in [1.54, 1.807) is 6.92 Å². The van der Waals surface area contributed by atoms with Crippen molar-refractivity contribution in [2.75, 3.05) is 13.2 Å². The third-order valence-corrected chi connectivity index (χ3v) is 3.22. The lowest BCUT2D eigenvalue weighted by molar-refractivity contribution is 0.0517. The van der Waals surface area contributed by atoms with Crippen LogP contribution in [0.3, 0.4) is 0 Å². The molecule has 102 valence electrons. The maximum Gasteiger partial charge on any atom is 0.344 e. The number of pyridine rings is 1.